The van der Waals surface area contributed by atoms with Crippen LogP contribution in [0.3, 0.4) is 0 Å². The lowest BCUT2D eigenvalue weighted by Crippen LogP contribution is -2.12. The maximum absolute atomic E-state index is 13.3. The molecule has 19 heavy (non-hydrogen) atoms. The van der Waals surface area contributed by atoms with Crippen LogP contribution < -0.4 is 11.1 Å². The van der Waals surface area contributed by atoms with Gasteiger partial charge in [-0.25, -0.2) is 4.39 Å². The molecule has 3 nitrogen and oxygen atoms in total. The first-order valence-electron chi connectivity index (χ1n) is 5.29. The van der Waals surface area contributed by atoms with E-state index in [0.717, 1.165) is 6.07 Å². The maximum Gasteiger partial charge on any atom is 0.255 e. The van der Waals surface area contributed by atoms with Crippen molar-refractivity contribution in [3.8, 4) is 0 Å². The molecular weight excluding hydrogens is 335 g/mol. The molecule has 0 heterocycles. The van der Waals surface area contributed by atoms with Gasteiger partial charge in [0.05, 0.1) is 5.02 Å². The van der Waals surface area contributed by atoms with Gasteiger partial charge in [0.15, 0.2) is 0 Å². The number of amides is 1. The maximum atomic E-state index is 13.3. The Hall–Kier alpha value is -1.59. The lowest BCUT2D eigenvalue weighted by Gasteiger charge is -2.07. The summed E-state index contributed by atoms with van der Waals surface area (Å²) in [4.78, 5) is 11.9. The Labute approximate surface area is 122 Å². The molecule has 0 spiro atoms. The quantitative estimate of drug-likeness (QED) is 0.807. The minimum absolute atomic E-state index is 0.0215. The second kappa shape index (κ2) is 5.59. The molecule has 0 saturated heterocycles. The molecule has 0 atom stereocenters. The van der Waals surface area contributed by atoms with Crippen molar-refractivity contribution < 1.29 is 9.18 Å². The Morgan fingerprint density at radius 2 is 2.00 bits per heavy atom. The van der Waals surface area contributed by atoms with Crippen molar-refractivity contribution in [3.63, 3.8) is 0 Å². The minimum atomic E-state index is -0.632. The van der Waals surface area contributed by atoms with E-state index in [1.165, 1.54) is 12.1 Å². The van der Waals surface area contributed by atoms with Crippen LogP contribution in [0.4, 0.5) is 15.8 Å². The van der Waals surface area contributed by atoms with E-state index in [-0.39, 0.29) is 10.6 Å². The molecule has 1 amide bonds. The second-order valence-electron chi connectivity index (χ2n) is 3.82. The third kappa shape index (κ3) is 3.24. The Morgan fingerprint density at radius 3 is 2.63 bits per heavy atom. The Morgan fingerprint density at radius 1 is 1.26 bits per heavy atom. The third-order valence-corrected chi connectivity index (χ3v) is 3.43. The van der Waals surface area contributed by atoms with E-state index < -0.39 is 11.7 Å². The average molecular weight is 344 g/mol. The molecule has 6 heteroatoms. The van der Waals surface area contributed by atoms with Gasteiger partial charge in [0.1, 0.15) is 5.82 Å². The summed E-state index contributed by atoms with van der Waals surface area (Å²) in [5.74, 6) is -1.06. The standard InChI is InChI=1S/C13H9BrClFN2O/c14-9-6-8(2-4-12(9)17)18-13(19)7-1-3-10(15)11(16)5-7/h1-6H,17H2,(H,18,19). The number of nitrogens with one attached hydrogen (secondary N) is 1. The fourth-order valence-corrected chi connectivity index (χ4v) is 1.94. The SMILES string of the molecule is Nc1ccc(NC(=O)c2ccc(Cl)c(F)c2)cc1Br. The summed E-state index contributed by atoms with van der Waals surface area (Å²) in [6.45, 7) is 0. The van der Waals surface area contributed by atoms with E-state index in [1.807, 2.05) is 0 Å². The van der Waals surface area contributed by atoms with Crippen molar-refractivity contribution in [2.45, 2.75) is 0 Å². The molecule has 0 aliphatic rings. The molecular formula is C13H9BrClFN2O. The molecule has 0 bridgehead atoms. The molecule has 3 N–H and O–H groups in total. The molecule has 2 rings (SSSR count). The molecule has 0 radical (unpaired) electrons. The fourth-order valence-electron chi connectivity index (χ4n) is 1.45. The topological polar surface area (TPSA) is 55.1 Å². The minimum Gasteiger partial charge on any atom is -0.398 e. The van der Waals surface area contributed by atoms with Crippen LogP contribution in [-0.4, -0.2) is 5.91 Å². The van der Waals surface area contributed by atoms with Crippen molar-refractivity contribution in [1.82, 2.24) is 0 Å². The van der Waals surface area contributed by atoms with Gasteiger partial charge in [-0.2, -0.15) is 0 Å². The first-order valence-corrected chi connectivity index (χ1v) is 6.46. The van der Waals surface area contributed by atoms with E-state index in [1.54, 1.807) is 18.2 Å². The Kier molecular flexibility index (Phi) is 4.07. The lowest BCUT2D eigenvalue weighted by molar-refractivity contribution is 0.102. The predicted molar refractivity (Wildman–Crippen MR) is 77.9 cm³/mol. The van der Waals surface area contributed by atoms with Gasteiger partial charge in [0.25, 0.3) is 5.91 Å². The average Bonchev–Trinajstić information content (AvgIpc) is 2.37. The number of hydrogen-bond donors (Lipinski definition) is 2. The summed E-state index contributed by atoms with van der Waals surface area (Å²) in [5, 5.41) is 2.62. The summed E-state index contributed by atoms with van der Waals surface area (Å²) >= 11 is 8.82. The van der Waals surface area contributed by atoms with Crippen LogP contribution >= 0.6 is 27.5 Å². The normalized spacial score (nSPS) is 10.3. The summed E-state index contributed by atoms with van der Waals surface area (Å²) in [7, 11) is 0. The number of carbonyl (C=O) groups is 1. The number of rotatable bonds is 2. The molecule has 2 aromatic rings. The summed E-state index contributed by atoms with van der Waals surface area (Å²) < 4.78 is 13.9. The van der Waals surface area contributed by atoms with Gasteiger partial charge >= 0.3 is 0 Å². The van der Waals surface area contributed by atoms with Gasteiger partial charge in [-0.3, -0.25) is 4.79 Å². The highest BCUT2D eigenvalue weighted by Crippen LogP contribution is 2.24. The van der Waals surface area contributed by atoms with E-state index in [4.69, 9.17) is 17.3 Å². The number of benzene rings is 2. The zero-order valence-electron chi connectivity index (χ0n) is 9.58. The number of halogens is 3. The van der Waals surface area contributed by atoms with Crippen molar-refractivity contribution in [2.24, 2.45) is 0 Å². The van der Waals surface area contributed by atoms with Gasteiger partial charge in [-0.05, 0) is 52.3 Å². The second-order valence-corrected chi connectivity index (χ2v) is 5.08. The van der Waals surface area contributed by atoms with E-state index >= 15 is 0 Å². The van der Waals surface area contributed by atoms with Gasteiger partial charge in [0.2, 0.25) is 0 Å². The van der Waals surface area contributed by atoms with E-state index in [9.17, 15) is 9.18 Å². The van der Waals surface area contributed by atoms with Crippen LogP contribution in [0.1, 0.15) is 10.4 Å². The van der Waals surface area contributed by atoms with Gasteiger partial charge in [-0.1, -0.05) is 11.6 Å². The third-order valence-electron chi connectivity index (χ3n) is 2.44. The molecule has 98 valence electrons. The number of hydrogen-bond acceptors (Lipinski definition) is 2. The summed E-state index contributed by atoms with van der Waals surface area (Å²) in [5.41, 5.74) is 6.96. The molecule has 0 saturated carbocycles. The molecule has 0 aromatic heterocycles. The molecule has 2 aromatic carbocycles. The molecule has 0 aliphatic carbocycles. The fraction of sp³-hybridized carbons (Fsp3) is 0. The molecule has 0 aliphatic heterocycles. The van der Waals surface area contributed by atoms with E-state index in [0.29, 0.717) is 15.8 Å². The highest BCUT2D eigenvalue weighted by atomic mass is 79.9. The van der Waals surface area contributed by atoms with Crippen LogP contribution in [0, 0.1) is 5.82 Å². The predicted octanol–water partition coefficient (Wildman–Crippen LogP) is 4.08. The number of carbonyl (C=O) groups excluding carboxylic acids is 1. The highest BCUT2D eigenvalue weighted by Gasteiger charge is 2.09. The van der Waals surface area contributed by atoms with Crippen LogP contribution in [0.25, 0.3) is 0 Å². The first-order chi connectivity index (χ1) is 8.97. The Bertz CT molecular complexity index is 649. The number of nitrogens with two attached hydrogens (primary N) is 1. The van der Waals surface area contributed by atoms with Gasteiger partial charge in [-0.15, -0.1) is 0 Å². The molecule has 0 fully saturated rings. The summed E-state index contributed by atoms with van der Waals surface area (Å²) in [6.07, 6.45) is 0. The van der Waals surface area contributed by atoms with Crippen molar-refractivity contribution >= 4 is 44.8 Å². The number of nitrogen functional groups attached to an aromatic ring is 1. The monoisotopic (exact) mass is 342 g/mol. The molecule has 0 unspecified atom stereocenters. The van der Waals surface area contributed by atoms with Crippen molar-refractivity contribution in [3.05, 3.63) is 57.3 Å². The van der Waals surface area contributed by atoms with Crippen molar-refractivity contribution in [2.75, 3.05) is 11.1 Å². The van der Waals surface area contributed by atoms with Crippen molar-refractivity contribution in [1.29, 1.82) is 0 Å². The number of anilines is 2. The highest BCUT2D eigenvalue weighted by molar-refractivity contribution is 9.10. The zero-order chi connectivity index (χ0) is 14.0. The zero-order valence-corrected chi connectivity index (χ0v) is 11.9. The van der Waals surface area contributed by atoms with Gasteiger partial charge in [0, 0.05) is 21.4 Å². The van der Waals surface area contributed by atoms with E-state index in [2.05, 4.69) is 21.2 Å². The van der Waals surface area contributed by atoms with Crippen LogP contribution in [-0.2, 0) is 0 Å². The van der Waals surface area contributed by atoms with Crippen LogP contribution in [0.5, 0.6) is 0 Å². The Balaban J connectivity index is 2.20. The lowest BCUT2D eigenvalue weighted by atomic mass is 10.2. The van der Waals surface area contributed by atoms with Crippen LogP contribution in [0.2, 0.25) is 5.02 Å². The first kappa shape index (κ1) is 13.8. The smallest absolute Gasteiger partial charge is 0.255 e. The summed E-state index contributed by atoms with van der Waals surface area (Å²) in [6, 6.07) is 8.85. The van der Waals surface area contributed by atoms with Crippen LogP contribution in [0.15, 0.2) is 40.9 Å². The van der Waals surface area contributed by atoms with Gasteiger partial charge < -0.3 is 11.1 Å². The largest absolute Gasteiger partial charge is 0.398 e.